The van der Waals surface area contributed by atoms with E-state index in [1.165, 1.54) is 4.57 Å². The maximum absolute atomic E-state index is 12.2. The smallest absolute Gasteiger partial charge is 0.364 e. The van der Waals surface area contributed by atoms with Crippen molar-refractivity contribution < 1.29 is 9.53 Å². The fourth-order valence-corrected chi connectivity index (χ4v) is 2.08. The van der Waals surface area contributed by atoms with Crippen LogP contribution in [0.4, 0.5) is 5.82 Å². The molecule has 6 nitrogen and oxygen atoms in total. The van der Waals surface area contributed by atoms with Crippen LogP contribution in [0.25, 0.3) is 0 Å². The highest BCUT2D eigenvalue weighted by molar-refractivity contribution is 5.90. The van der Waals surface area contributed by atoms with Crippen molar-refractivity contribution in [2.45, 2.75) is 27.3 Å². The molecule has 0 saturated carbocycles. The molecule has 1 aromatic carbocycles. The quantitative estimate of drug-likeness (QED) is 0.685. The van der Waals surface area contributed by atoms with E-state index < -0.39 is 11.5 Å². The van der Waals surface area contributed by atoms with Gasteiger partial charge in [-0.15, -0.1) is 0 Å². The number of hydrogen-bond donors (Lipinski definition) is 1. The number of benzene rings is 1. The summed E-state index contributed by atoms with van der Waals surface area (Å²) in [5, 5.41) is 0. The summed E-state index contributed by atoms with van der Waals surface area (Å²) in [4.78, 5) is 27.9. The second kappa shape index (κ2) is 5.78. The van der Waals surface area contributed by atoms with Crippen molar-refractivity contribution in [3.8, 4) is 5.75 Å². The first-order valence-corrected chi connectivity index (χ1v) is 6.59. The molecule has 110 valence electrons. The maximum Gasteiger partial charge on any atom is 0.364 e. The molecule has 6 heteroatoms. The van der Waals surface area contributed by atoms with E-state index >= 15 is 0 Å². The molecule has 2 aromatic rings. The molecule has 0 aliphatic heterocycles. The van der Waals surface area contributed by atoms with E-state index in [1.807, 2.05) is 13.0 Å². The molecule has 0 radical (unpaired) electrons. The first kappa shape index (κ1) is 14.8. The van der Waals surface area contributed by atoms with Crippen LogP contribution in [0.1, 0.15) is 28.7 Å². The molecule has 0 spiro atoms. The van der Waals surface area contributed by atoms with E-state index in [-0.39, 0.29) is 11.5 Å². The molecule has 0 aliphatic rings. The van der Waals surface area contributed by atoms with Gasteiger partial charge < -0.3 is 15.0 Å². The minimum absolute atomic E-state index is 0.0513. The molecule has 0 fully saturated rings. The third-order valence-corrected chi connectivity index (χ3v) is 3.15. The Bertz CT molecular complexity index is 750. The lowest BCUT2D eigenvalue weighted by atomic mass is 10.2. The van der Waals surface area contributed by atoms with Gasteiger partial charge in [0.25, 0.3) is 5.56 Å². The summed E-state index contributed by atoms with van der Waals surface area (Å²) >= 11 is 0. The monoisotopic (exact) mass is 287 g/mol. The molecular weight excluding hydrogens is 270 g/mol. The topological polar surface area (TPSA) is 87.2 Å². The summed E-state index contributed by atoms with van der Waals surface area (Å²) in [6.07, 6.45) is 0. The molecule has 0 saturated heterocycles. The van der Waals surface area contributed by atoms with E-state index in [2.05, 4.69) is 4.98 Å². The largest absolute Gasteiger partial charge is 0.422 e. The number of nitrogens with zero attached hydrogens (tertiary/aromatic N) is 2. The number of carbonyl (C=O) groups is 1. The number of aryl methyl sites for hydroxylation is 1. The van der Waals surface area contributed by atoms with Crippen LogP contribution in [0.2, 0.25) is 0 Å². The zero-order chi connectivity index (χ0) is 15.6. The average Bonchev–Trinajstić information content (AvgIpc) is 2.43. The van der Waals surface area contributed by atoms with Crippen molar-refractivity contribution in [3.63, 3.8) is 0 Å². The van der Waals surface area contributed by atoms with Crippen molar-refractivity contribution >= 4 is 11.8 Å². The van der Waals surface area contributed by atoms with E-state index in [0.717, 1.165) is 5.56 Å². The summed E-state index contributed by atoms with van der Waals surface area (Å²) in [5.41, 5.74) is 6.63. The van der Waals surface area contributed by atoms with Gasteiger partial charge in [0.1, 0.15) is 5.75 Å². The number of carbonyl (C=O) groups excluding carboxylic acids is 1. The predicted molar refractivity (Wildman–Crippen MR) is 79.5 cm³/mol. The molecular formula is C15H17N3O3. The van der Waals surface area contributed by atoms with Gasteiger partial charge in [0.2, 0.25) is 0 Å². The zero-order valence-corrected chi connectivity index (χ0v) is 12.2. The van der Waals surface area contributed by atoms with E-state index in [9.17, 15) is 9.59 Å². The summed E-state index contributed by atoms with van der Waals surface area (Å²) in [7, 11) is 0. The number of aromatic nitrogens is 2. The van der Waals surface area contributed by atoms with Gasteiger partial charge in [-0.25, -0.2) is 9.78 Å². The van der Waals surface area contributed by atoms with Crippen LogP contribution in [0, 0.1) is 13.8 Å². The van der Waals surface area contributed by atoms with Crippen LogP contribution in [0.5, 0.6) is 5.75 Å². The molecule has 0 unspecified atom stereocenters. The van der Waals surface area contributed by atoms with Crippen molar-refractivity contribution in [2.75, 3.05) is 5.73 Å². The van der Waals surface area contributed by atoms with E-state index in [1.54, 1.807) is 32.0 Å². The lowest BCUT2D eigenvalue weighted by Crippen LogP contribution is -2.29. The Balaban J connectivity index is 2.40. The number of anilines is 1. The molecule has 0 atom stereocenters. The van der Waals surface area contributed by atoms with Gasteiger partial charge in [0, 0.05) is 6.54 Å². The van der Waals surface area contributed by atoms with Gasteiger partial charge in [-0.1, -0.05) is 12.1 Å². The number of nitrogen functional groups attached to an aromatic ring is 1. The second-order valence-electron chi connectivity index (χ2n) is 4.69. The number of hydrogen-bond acceptors (Lipinski definition) is 5. The SMILES string of the molecule is CCn1c(C)c(C(=O)Oc2cccc(C)c2)nc(N)c1=O. The Kier molecular flexibility index (Phi) is 4.07. The predicted octanol–water partition coefficient (Wildman–Crippen LogP) is 1.68. The lowest BCUT2D eigenvalue weighted by molar-refractivity contribution is 0.0726. The molecule has 2 rings (SSSR count). The van der Waals surface area contributed by atoms with Crippen LogP contribution < -0.4 is 16.0 Å². The number of nitrogens with two attached hydrogens (primary N) is 1. The highest BCUT2D eigenvalue weighted by atomic mass is 16.5. The summed E-state index contributed by atoms with van der Waals surface area (Å²) < 4.78 is 6.68. The van der Waals surface area contributed by atoms with Gasteiger partial charge in [0.15, 0.2) is 11.5 Å². The maximum atomic E-state index is 12.2. The zero-order valence-electron chi connectivity index (χ0n) is 12.2. The van der Waals surface area contributed by atoms with Crippen molar-refractivity contribution in [1.29, 1.82) is 0 Å². The second-order valence-corrected chi connectivity index (χ2v) is 4.69. The highest BCUT2D eigenvalue weighted by Gasteiger charge is 2.19. The average molecular weight is 287 g/mol. The van der Waals surface area contributed by atoms with Gasteiger partial charge >= 0.3 is 5.97 Å². The molecule has 0 aliphatic carbocycles. The molecule has 0 bridgehead atoms. The fourth-order valence-electron chi connectivity index (χ4n) is 2.08. The number of ether oxygens (including phenoxy) is 1. The highest BCUT2D eigenvalue weighted by Crippen LogP contribution is 2.15. The van der Waals surface area contributed by atoms with E-state index in [4.69, 9.17) is 10.5 Å². The number of rotatable bonds is 3. The molecule has 1 aromatic heterocycles. The van der Waals surface area contributed by atoms with Crippen molar-refractivity contribution in [2.24, 2.45) is 0 Å². The number of esters is 1. The van der Waals surface area contributed by atoms with Gasteiger partial charge in [-0.05, 0) is 38.5 Å². The Morgan fingerprint density at radius 3 is 2.71 bits per heavy atom. The van der Waals surface area contributed by atoms with Crippen LogP contribution in [0.3, 0.4) is 0 Å². The minimum atomic E-state index is -0.632. The van der Waals surface area contributed by atoms with Crippen LogP contribution in [0.15, 0.2) is 29.1 Å². The Morgan fingerprint density at radius 2 is 2.10 bits per heavy atom. The molecule has 1 heterocycles. The fraction of sp³-hybridized carbons (Fsp3) is 0.267. The Labute approximate surface area is 122 Å². The molecule has 21 heavy (non-hydrogen) atoms. The Hall–Kier alpha value is -2.63. The van der Waals surface area contributed by atoms with Gasteiger partial charge in [0.05, 0.1) is 5.69 Å². The van der Waals surface area contributed by atoms with Crippen LogP contribution in [-0.2, 0) is 6.54 Å². The minimum Gasteiger partial charge on any atom is -0.422 e. The van der Waals surface area contributed by atoms with E-state index in [0.29, 0.717) is 18.0 Å². The molecule has 2 N–H and O–H groups in total. The molecule has 0 amide bonds. The summed E-state index contributed by atoms with van der Waals surface area (Å²) in [6.45, 7) is 5.74. The third-order valence-electron chi connectivity index (χ3n) is 3.15. The lowest BCUT2D eigenvalue weighted by Gasteiger charge is -2.12. The van der Waals surface area contributed by atoms with Gasteiger partial charge in [-0.3, -0.25) is 4.79 Å². The normalized spacial score (nSPS) is 10.4. The summed E-state index contributed by atoms with van der Waals surface area (Å²) in [6, 6.07) is 7.11. The first-order chi connectivity index (χ1) is 9.93. The summed E-state index contributed by atoms with van der Waals surface area (Å²) in [5.74, 6) is -0.417. The standard InChI is InChI=1S/C15H17N3O3/c1-4-18-10(3)12(17-13(16)14(18)19)15(20)21-11-7-5-6-9(2)8-11/h5-8H,4H2,1-3H3,(H2,16,17). The first-order valence-electron chi connectivity index (χ1n) is 6.59. The third kappa shape index (κ3) is 2.94. The van der Waals surface area contributed by atoms with Gasteiger partial charge in [-0.2, -0.15) is 0 Å². The van der Waals surface area contributed by atoms with Crippen LogP contribution >= 0.6 is 0 Å². The Morgan fingerprint density at radius 1 is 1.38 bits per heavy atom. The van der Waals surface area contributed by atoms with Crippen LogP contribution in [-0.4, -0.2) is 15.5 Å². The van der Waals surface area contributed by atoms with Crippen molar-refractivity contribution in [3.05, 3.63) is 51.6 Å². The van der Waals surface area contributed by atoms with Crippen molar-refractivity contribution in [1.82, 2.24) is 9.55 Å².